The van der Waals surface area contributed by atoms with Crippen LogP contribution in [0.2, 0.25) is 0 Å². The molecular weight excluding hydrogens is 222 g/mol. The highest BCUT2D eigenvalue weighted by Crippen LogP contribution is 2.24. The van der Waals surface area contributed by atoms with Crippen LogP contribution in [0.5, 0.6) is 0 Å². The first kappa shape index (κ1) is 9.28. The number of anilines is 2. The molecule has 5 heteroatoms. The second-order valence-electron chi connectivity index (χ2n) is 2.25. The van der Waals surface area contributed by atoms with Crippen LogP contribution in [0.25, 0.3) is 0 Å². The second kappa shape index (κ2) is 3.73. The van der Waals surface area contributed by atoms with Crippen molar-refractivity contribution in [2.45, 2.75) is 0 Å². The second-order valence-corrected chi connectivity index (χ2v) is 3.11. The highest BCUT2D eigenvalue weighted by atomic mass is 79.9. The minimum Gasteiger partial charge on any atom is -0.397 e. The number of pyridine rings is 1. The summed E-state index contributed by atoms with van der Waals surface area (Å²) in [5.74, 6) is 0.701. The molecule has 0 bridgehead atoms. The van der Waals surface area contributed by atoms with Crippen LogP contribution in [-0.2, 0) is 4.84 Å². The number of hydrogen-bond acceptors (Lipinski definition) is 4. The first-order valence-electron chi connectivity index (χ1n) is 3.34. The van der Waals surface area contributed by atoms with Crippen molar-refractivity contribution >= 4 is 27.4 Å². The van der Waals surface area contributed by atoms with Gasteiger partial charge in [-0.2, -0.15) is 0 Å². The van der Waals surface area contributed by atoms with Crippen LogP contribution in [0.4, 0.5) is 11.5 Å². The molecular formula is C7H10BrN3O. The van der Waals surface area contributed by atoms with Gasteiger partial charge in [0.2, 0.25) is 0 Å². The minimum absolute atomic E-state index is 0.620. The third kappa shape index (κ3) is 1.86. The molecule has 1 rings (SSSR count). The number of hydrogen-bond donors (Lipinski definition) is 1. The van der Waals surface area contributed by atoms with E-state index in [-0.39, 0.29) is 0 Å². The largest absolute Gasteiger partial charge is 0.397 e. The summed E-state index contributed by atoms with van der Waals surface area (Å²) in [6.07, 6.45) is 1.58. The standard InChI is InChI=1S/C7H10BrN3O/c1-11(12-2)7-6(8)3-5(9)4-10-7/h3-4H,9H2,1-2H3. The predicted molar refractivity (Wildman–Crippen MR) is 51.8 cm³/mol. The smallest absolute Gasteiger partial charge is 0.166 e. The minimum atomic E-state index is 0.620. The molecule has 66 valence electrons. The molecule has 0 aromatic carbocycles. The van der Waals surface area contributed by atoms with Gasteiger partial charge >= 0.3 is 0 Å². The van der Waals surface area contributed by atoms with Crippen molar-refractivity contribution in [3.05, 3.63) is 16.7 Å². The number of nitrogens with two attached hydrogens (primary N) is 1. The number of nitrogens with zero attached hydrogens (tertiary/aromatic N) is 2. The van der Waals surface area contributed by atoms with Crippen molar-refractivity contribution in [3.8, 4) is 0 Å². The molecule has 2 N–H and O–H groups in total. The SMILES string of the molecule is CON(C)c1ncc(N)cc1Br. The van der Waals surface area contributed by atoms with Gasteiger partial charge in [-0.25, -0.2) is 10.0 Å². The molecule has 1 aromatic heterocycles. The Morgan fingerprint density at radius 2 is 2.33 bits per heavy atom. The highest BCUT2D eigenvalue weighted by molar-refractivity contribution is 9.10. The average molecular weight is 232 g/mol. The third-order valence-corrected chi connectivity index (χ3v) is 2.00. The number of hydroxylamine groups is 1. The summed E-state index contributed by atoms with van der Waals surface area (Å²) in [6, 6.07) is 1.78. The fourth-order valence-corrected chi connectivity index (χ4v) is 1.38. The Morgan fingerprint density at radius 1 is 1.67 bits per heavy atom. The molecule has 0 aliphatic rings. The fourth-order valence-electron chi connectivity index (χ4n) is 0.764. The Balaban J connectivity index is 3.01. The van der Waals surface area contributed by atoms with Crippen LogP contribution in [0.3, 0.4) is 0 Å². The lowest BCUT2D eigenvalue weighted by atomic mass is 10.4. The summed E-state index contributed by atoms with van der Waals surface area (Å²) in [4.78, 5) is 9.03. The first-order valence-corrected chi connectivity index (χ1v) is 4.13. The fraction of sp³-hybridized carbons (Fsp3) is 0.286. The van der Waals surface area contributed by atoms with Gasteiger partial charge in [-0.15, -0.1) is 0 Å². The number of rotatable bonds is 2. The van der Waals surface area contributed by atoms with E-state index in [4.69, 9.17) is 10.6 Å². The van der Waals surface area contributed by atoms with Crippen molar-refractivity contribution in [1.29, 1.82) is 0 Å². The molecule has 0 radical (unpaired) electrons. The Kier molecular flexibility index (Phi) is 2.88. The van der Waals surface area contributed by atoms with Gasteiger partial charge < -0.3 is 5.73 Å². The monoisotopic (exact) mass is 231 g/mol. The zero-order chi connectivity index (χ0) is 9.14. The summed E-state index contributed by atoms with van der Waals surface area (Å²) in [7, 11) is 3.34. The van der Waals surface area contributed by atoms with Gasteiger partial charge in [0, 0.05) is 7.05 Å². The molecule has 0 saturated carbocycles. The van der Waals surface area contributed by atoms with E-state index in [0.717, 1.165) is 4.47 Å². The molecule has 0 spiro atoms. The van der Waals surface area contributed by atoms with Crippen LogP contribution in [0.1, 0.15) is 0 Å². The van der Waals surface area contributed by atoms with Gasteiger partial charge in [0.25, 0.3) is 0 Å². The van der Waals surface area contributed by atoms with Crippen LogP contribution in [0, 0.1) is 0 Å². The number of nitrogen functional groups attached to an aromatic ring is 1. The molecule has 12 heavy (non-hydrogen) atoms. The molecule has 0 fully saturated rings. The van der Waals surface area contributed by atoms with Gasteiger partial charge in [-0.1, -0.05) is 0 Å². The van der Waals surface area contributed by atoms with Crippen molar-refractivity contribution in [1.82, 2.24) is 4.98 Å². The van der Waals surface area contributed by atoms with Crippen molar-refractivity contribution in [2.75, 3.05) is 25.0 Å². The Hall–Kier alpha value is -0.810. The lowest BCUT2D eigenvalue weighted by molar-refractivity contribution is 0.182. The predicted octanol–water partition coefficient (Wildman–Crippen LogP) is 1.42. The van der Waals surface area contributed by atoms with E-state index in [1.54, 1.807) is 31.5 Å². The van der Waals surface area contributed by atoms with Crippen molar-refractivity contribution in [2.24, 2.45) is 0 Å². The average Bonchev–Trinajstić information content (AvgIpc) is 2.03. The summed E-state index contributed by atoms with van der Waals surface area (Å²) >= 11 is 3.32. The zero-order valence-electron chi connectivity index (χ0n) is 6.91. The molecule has 0 unspecified atom stereocenters. The van der Waals surface area contributed by atoms with Gasteiger partial charge in [0.1, 0.15) is 0 Å². The van der Waals surface area contributed by atoms with E-state index in [2.05, 4.69) is 20.9 Å². The maximum atomic E-state index is 5.52. The van der Waals surface area contributed by atoms with E-state index in [1.807, 2.05) is 0 Å². The van der Waals surface area contributed by atoms with E-state index >= 15 is 0 Å². The number of halogens is 1. The van der Waals surface area contributed by atoms with Crippen LogP contribution >= 0.6 is 15.9 Å². The Morgan fingerprint density at radius 3 is 2.83 bits per heavy atom. The van der Waals surface area contributed by atoms with Crippen LogP contribution in [0.15, 0.2) is 16.7 Å². The molecule has 4 nitrogen and oxygen atoms in total. The maximum Gasteiger partial charge on any atom is 0.166 e. The van der Waals surface area contributed by atoms with Gasteiger partial charge in [-0.3, -0.25) is 4.84 Å². The molecule has 0 atom stereocenters. The molecule has 0 saturated heterocycles. The normalized spacial score (nSPS) is 9.92. The van der Waals surface area contributed by atoms with Crippen molar-refractivity contribution < 1.29 is 4.84 Å². The summed E-state index contributed by atoms with van der Waals surface area (Å²) in [5, 5.41) is 1.55. The third-order valence-electron chi connectivity index (χ3n) is 1.42. The van der Waals surface area contributed by atoms with Gasteiger partial charge in [-0.05, 0) is 22.0 Å². The molecule has 1 heterocycles. The zero-order valence-corrected chi connectivity index (χ0v) is 8.50. The highest BCUT2D eigenvalue weighted by Gasteiger charge is 2.05. The van der Waals surface area contributed by atoms with E-state index < -0.39 is 0 Å². The Bertz CT molecular complexity index is 279. The lowest BCUT2D eigenvalue weighted by Gasteiger charge is -2.15. The quantitative estimate of drug-likeness (QED) is 0.783. The topological polar surface area (TPSA) is 51.4 Å². The van der Waals surface area contributed by atoms with Gasteiger partial charge in [0.15, 0.2) is 5.82 Å². The summed E-state index contributed by atoms with van der Waals surface area (Å²) < 4.78 is 0.812. The Labute approximate surface area is 79.4 Å². The maximum absolute atomic E-state index is 5.52. The summed E-state index contributed by atoms with van der Waals surface area (Å²) in [5.41, 5.74) is 6.14. The van der Waals surface area contributed by atoms with Crippen LogP contribution in [-0.4, -0.2) is 19.1 Å². The summed E-state index contributed by atoms with van der Waals surface area (Å²) in [6.45, 7) is 0. The van der Waals surface area contributed by atoms with Crippen molar-refractivity contribution in [3.63, 3.8) is 0 Å². The van der Waals surface area contributed by atoms with E-state index in [0.29, 0.717) is 11.5 Å². The lowest BCUT2D eigenvalue weighted by Crippen LogP contribution is -2.16. The number of aromatic nitrogens is 1. The molecule has 0 aliphatic carbocycles. The first-order chi connectivity index (χ1) is 5.65. The van der Waals surface area contributed by atoms with E-state index in [1.165, 1.54) is 0 Å². The molecule has 1 aromatic rings. The molecule has 0 aliphatic heterocycles. The van der Waals surface area contributed by atoms with Gasteiger partial charge in [0.05, 0.1) is 23.5 Å². The molecule has 0 amide bonds. The van der Waals surface area contributed by atoms with Crippen LogP contribution < -0.4 is 10.8 Å². The van der Waals surface area contributed by atoms with E-state index in [9.17, 15) is 0 Å².